The van der Waals surface area contributed by atoms with Gasteiger partial charge in [-0.2, -0.15) is 0 Å². The maximum atomic E-state index is 13.6. The van der Waals surface area contributed by atoms with E-state index in [-0.39, 0.29) is 24.7 Å². The van der Waals surface area contributed by atoms with Crippen molar-refractivity contribution in [3.05, 3.63) is 64.4 Å². The third-order valence-electron chi connectivity index (χ3n) is 5.48. The molecule has 2 aromatic carbocycles. The lowest BCUT2D eigenvalue weighted by Crippen LogP contribution is -2.48. The van der Waals surface area contributed by atoms with E-state index in [1.165, 1.54) is 16.7 Å². The molecule has 30 heavy (non-hydrogen) atoms. The Balaban J connectivity index is 1.32. The van der Waals surface area contributed by atoms with Crippen LogP contribution in [0.25, 0.3) is 11.1 Å². The molecule has 1 aliphatic heterocycles. The van der Waals surface area contributed by atoms with E-state index in [9.17, 15) is 14.0 Å². The molecule has 158 valence electrons. The number of hydrogen-bond acceptors (Lipinski definition) is 5. The zero-order valence-corrected chi connectivity index (χ0v) is 16.8. The SMILES string of the molecule is COc1ccc(F)cc1CN1CCN(C(=O)CCn2c(=O)oc3ccccc32)CC1. The molecule has 7 nitrogen and oxygen atoms in total. The monoisotopic (exact) mass is 413 g/mol. The first kappa shape index (κ1) is 20.2. The first-order valence-corrected chi connectivity index (χ1v) is 9.96. The summed E-state index contributed by atoms with van der Waals surface area (Å²) in [5.41, 5.74) is 2.02. The van der Waals surface area contributed by atoms with Crippen LogP contribution in [0.2, 0.25) is 0 Å². The molecule has 0 spiro atoms. The van der Waals surface area contributed by atoms with Crippen molar-refractivity contribution in [1.29, 1.82) is 0 Å². The number of rotatable bonds is 6. The zero-order valence-electron chi connectivity index (χ0n) is 16.8. The van der Waals surface area contributed by atoms with Crippen molar-refractivity contribution < 1.29 is 18.3 Å². The van der Waals surface area contributed by atoms with Crippen LogP contribution >= 0.6 is 0 Å². The summed E-state index contributed by atoms with van der Waals surface area (Å²) in [6.07, 6.45) is 0.237. The van der Waals surface area contributed by atoms with Crippen LogP contribution in [0.3, 0.4) is 0 Å². The average Bonchev–Trinajstić information content (AvgIpc) is 3.07. The Morgan fingerprint density at radius 2 is 1.90 bits per heavy atom. The average molecular weight is 413 g/mol. The van der Waals surface area contributed by atoms with E-state index >= 15 is 0 Å². The van der Waals surface area contributed by atoms with Gasteiger partial charge >= 0.3 is 5.76 Å². The highest BCUT2D eigenvalue weighted by Crippen LogP contribution is 2.22. The molecule has 1 amide bonds. The zero-order chi connectivity index (χ0) is 21.1. The molecule has 0 unspecified atom stereocenters. The second-order valence-electron chi connectivity index (χ2n) is 7.35. The van der Waals surface area contributed by atoms with Gasteiger partial charge in [0, 0.05) is 51.3 Å². The summed E-state index contributed by atoms with van der Waals surface area (Å²) in [6.45, 7) is 3.43. The quantitative estimate of drug-likeness (QED) is 0.621. The molecule has 8 heteroatoms. The summed E-state index contributed by atoms with van der Waals surface area (Å²) in [4.78, 5) is 28.7. The molecule has 0 saturated carbocycles. The van der Waals surface area contributed by atoms with Crippen molar-refractivity contribution >= 4 is 17.0 Å². The van der Waals surface area contributed by atoms with Crippen LogP contribution in [-0.4, -0.2) is 53.6 Å². The topological polar surface area (TPSA) is 67.9 Å². The van der Waals surface area contributed by atoms with Gasteiger partial charge in [-0.25, -0.2) is 9.18 Å². The Morgan fingerprint density at radius 3 is 2.67 bits per heavy atom. The number of fused-ring (bicyclic) bond motifs is 1. The lowest BCUT2D eigenvalue weighted by atomic mass is 10.1. The highest BCUT2D eigenvalue weighted by Gasteiger charge is 2.22. The second kappa shape index (κ2) is 8.71. The first-order valence-electron chi connectivity index (χ1n) is 9.96. The summed E-state index contributed by atoms with van der Waals surface area (Å²) >= 11 is 0. The number of para-hydroxylation sites is 2. The van der Waals surface area contributed by atoms with Gasteiger partial charge in [-0.15, -0.1) is 0 Å². The Kier molecular flexibility index (Phi) is 5.85. The van der Waals surface area contributed by atoms with Gasteiger partial charge in [-0.05, 0) is 30.3 Å². The number of ether oxygens (including phenoxy) is 1. The van der Waals surface area contributed by atoms with E-state index in [4.69, 9.17) is 9.15 Å². The van der Waals surface area contributed by atoms with Gasteiger partial charge < -0.3 is 14.1 Å². The molecule has 4 rings (SSSR count). The molecule has 3 aromatic rings. The van der Waals surface area contributed by atoms with E-state index in [2.05, 4.69) is 4.90 Å². The molecule has 1 aromatic heterocycles. The smallest absolute Gasteiger partial charge is 0.419 e. The normalized spacial score (nSPS) is 14.9. The molecule has 0 atom stereocenters. The second-order valence-corrected chi connectivity index (χ2v) is 7.35. The van der Waals surface area contributed by atoms with Crippen LogP contribution in [0.1, 0.15) is 12.0 Å². The number of carbonyl (C=O) groups excluding carboxylic acids is 1. The first-order chi connectivity index (χ1) is 14.5. The van der Waals surface area contributed by atoms with E-state index in [0.717, 1.165) is 5.56 Å². The van der Waals surface area contributed by atoms with Crippen molar-refractivity contribution in [2.75, 3.05) is 33.3 Å². The number of halogens is 1. The standard InChI is InChI=1S/C22H24FN3O4/c1-29-19-7-6-17(23)14-16(19)15-24-10-12-25(13-11-24)21(27)8-9-26-18-4-2-3-5-20(18)30-22(26)28/h2-7,14H,8-13,15H2,1H3. The van der Waals surface area contributed by atoms with Crippen molar-refractivity contribution in [2.45, 2.75) is 19.5 Å². The molecule has 1 fully saturated rings. The molecule has 1 aliphatic rings. The van der Waals surface area contributed by atoms with Crippen molar-refractivity contribution in [3.63, 3.8) is 0 Å². The molecule has 2 heterocycles. The maximum absolute atomic E-state index is 13.6. The van der Waals surface area contributed by atoms with E-state index in [0.29, 0.717) is 49.6 Å². The van der Waals surface area contributed by atoms with Gasteiger partial charge in [0.15, 0.2) is 5.58 Å². The molecule has 0 bridgehead atoms. The number of oxazole rings is 1. The number of nitrogens with zero attached hydrogens (tertiary/aromatic N) is 3. The van der Waals surface area contributed by atoms with Crippen LogP contribution in [0, 0.1) is 5.82 Å². The minimum atomic E-state index is -0.446. The summed E-state index contributed by atoms with van der Waals surface area (Å²) in [7, 11) is 1.57. The van der Waals surface area contributed by atoms with Crippen LogP contribution in [0.5, 0.6) is 5.75 Å². The van der Waals surface area contributed by atoms with E-state index in [1.807, 2.05) is 17.0 Å². The number of amides is 1. The Labute approximate surface area is 173 Å². The van der Waals surface area contributed by atoms with Crippen LogP contribution in [0.4, 0.5) is 4.39 Å². The fourth-order valence-electron chi connectivity index (χ4n) is 3.86. The van der Waals surface area contributed by atoms with Crippen molar-refractivity contribution in [3.8, 4) is 5.75 Å². The number of aryl methyl sites for hydroxylation is 1. The van der Waals surface area contributed by atoms with Gasteiger partial charge in [0.2, 0.25) is 5.91 Å². The van der Waals surface area contributed by atoms with Gasteiger partial charge in [-0.1, -0.05) is 12.1 Å². The Bertz CT molecular complexity index is 1100. The van der Waals surface area contributed by atoms with Crippen LogP contribution in [0.15, 0.2) is 51.7 Å². The molecule has 0 aliphatic carbocycles. The fourth-order valence-corrected chi connectivity index (χ4v) is 3.86. The third kappa shape index (κ3) is 4.23. The fraction of sp³-hybridized carbons (Fsp3) is 0.364. The summed E-state index contributed by atoms with van der Waals surface area (Å²) in [5.74, 6) is -0.0673. The molecule has 0 radical (unpaired) electrons. The van der Waals surface area contributed by atoms with Crippen LogP contribution in [-0.2, 0) is 17.9 Å². The van der Waals surface area contributed by atoms with Gasteiger partial charge in [0.1, 0.15) is 11.6 Å². The van der Waals surface area contributed by atoms with Crippen molar-refractivity contribution in [1.82, 2.24) is 14.4 Å². The Hall–Kier alpha value is -3.13. The lowest BCUT2D eigenvalue weighted by molar-refractivity contribution is -0.133. The van der Waals surface area contributed by atoms with E-state index in [1.54, 1.807) is 25.3 Å². The minimum Gasteiger partial charge on any atom is -0.496 e. The molecule has 0 N–H and O–H groups in total. The number of hydrogen-bond donors (Lipinski definition) is 0. The summed E-state index contributed by atoms with van der Waals surface area (Å²) < 4.78 is 25.6. The molecular weight excluding hydrogens is 389 g/mol. The predicted molar refractivity (Wildman–Crippen MR) is 110 cm³/mol. The lowest BCUT2D eigenvalue weighted by Gasteiger charge is -2.35. The highest BCUT2D eigenvalue weighted by molar-refractivity contribution is 5.77. The van der Waals surface area contributed by atoms with Gasteiger partial charge in [0.05, 0.1) is 12.6 Å². The predicted octanol–water partition coefficient (Wildman–Crippen LogP) is 2.48. The maximum Gasteiger partial charge on any atom is 0.419 e. The van der Waals surface area contributed by atoms with Gasteiger partial charge in [0.25, 0.3) is 0 Å². The van der Waals surface area contributed by atoms with Gasteiger partial charge in [-0.3, -0.25) is 14.3 Å². The highest BCUT2D eigenvalue weighted by atomic mass is 19.1. The number of aromatic nitrogens is 1. The number of methoxy groups -OCH3 is 1. The molecular formula is C22H24FN3O4. The van der Waals surface area contributed by atoms with Crippen molar-refractivity contribution in [2.24, 2.45) is 0 Å². The third-order valence-corrected chi connectivity index (χ3v) is 5.48. The number of carbonyl (C=O) groups is 1. The minimum absolute atomic E-state index is 0.00941. The number of benzene rings is 2. The number of piperazine rings is 1. The summed E-state index contributed by atoms with van der Waals surface area (Å²) in [5, 5.41) is 0. The molecule has 1 saturated heterocycles. The largest absolute Gasteiger partial charge is 0.496 e. The summed E-state index contributed by atoms with van der Waals surface area (Å²) in [6, 6.07) is 11.7. The van der Waals surface area contributed by atoms with Crippen LogP contribution < -0.4 is 10.5 Å². The van der Waals surface area contributed by atoms with E-state index < -0.39 is 5.76 Å². The Morgan fingerprint density at radius 1 is 1.13 bits per heavy atom.